The van der Waals surface area contributed by atoms with Crippen LogP contribution in [0, 0.1) is 0 Å². The van der Waals surface area contributed by atoms with Gasteiger partial charge in [0.2, 0.25) is 0 Å². The minimum absolute atomic E-state index is 0.518. The number of fused-ring (bicyclic) bond motifs is 21. The summed E-state index contributed by atoms with van der Waals surface area (Å²) in [5.74, 6) is 3.59. The molecule has 2 aliphatic heterocycles. The molecule has 596 valence electrons. The molecule has 21 aromatic rings. The Bertz CT molecular complexity index is 7670. The third-order valence-corrected chi connectivity index (χ3v) is 26.4. The third-order valence-electron chi connectivity index (χ3n) is 26.4. The summed E-state index contributed by atoms with van der Waals surface area (Å²) in [5.41, 5.74) is 38.0. The Morgan fingerprint density at radius 2 is 0.433 bits per heavy atom. The predicted molar refractivity (Wildman–Crippen MR) is 524 cm³/mol. The van der Waals surface area contributed by atoms with E-state index in [0.717, 1.165) is 79.5 Å². The minimum Gasteiger partial charge on any atom is -0.457 e. The van der Waals surface area contributed by atoms with E-state index < -0.39 is 10.8 Å². The summed E-state index contributed by atoms with van der Waals surface area (Å²) in [7, 11) is 0. The standard InChI is InChI=1S/C67H44N2O.C55H37NO/c1-2-16-45(17-3-1)46-32-38-50(39-33-46)68(51-40-34-47(35-41-51)48-36-42-52(43-37-48)69-62-28-10-5-20-55(62)56-21-6-11-29-63(56)69)53-19-14-18-49(44-53)54-23-15-27-61-66(54)57-22-4-7-24-58(57)67(61)59-25-8-12-30-64(59)70-65-31-13-9-26-60(65)67;1-3-16-38(17-4-1)40-32-34-43(35-33-40)56(44-22-13-20-41(36-44)39-18-5-2-6-19-39)45-23-14-21-42(37-45)46-25-15-29-51-54(46)47-24-7-8-26-48(47)55(51)49-27-9-11-30-52(49)57-53-31-12-10-28-50(53)55/h1-44H;1-37H. The average Bonchev–Trinajstić information content (AvgIpc) is 1.39. The van der Waals surface area contributed by atoms with Gasteiger partial charge in [-0.05, 0) is 233 Å². The molecule has 127 heavy (non-hydrogen) atoms. The SMILES string of the molecule is c1ccc(-c2ccc(N(c3ccc(-c4ccc(-n5c6ccccc6c6ccccc65)cc4)cc3)c3cccc(-c4cccc5c4-c4ccccc4C54c5ccccc5Oc5ccccc54)c3)cc2)cc1.c1ccc(-c2ccc(N(c3cccc(-c4ccccc4)c3)c3cccc(-c4cccc5c4-c4ccccc4C54c5ccccc5Oc5ccccc54)c3)cc2)cc1. The number of anilines is 6. The lowest BCUT2D eigenvalue weighted by atomic mass is 9.66. The monoisotopic (exact) mass is 1620 g/mol. The van der Waals surface area contributed by atoms with Crippen LogP contribution in [0.3, 0.4) is 0 Å². The van der Waals surface area contributed by atoms with Crippen LogP contribution in [-0.4, -0.2) is 4.57 Å². The van der Waals surface area contributed by atoms with Crippen LogP contribution < -0.4 is 19.3 Å². The first-order valence-electron chi connectivity index (χ1n) is 43.7. The summed E-state index contributed by atoms with van der Waals surface area (Å²) < 4.78 is 15.6. The number of benzene rings is 20. The summed E-state index contributed by atoms with van der Waals surface area (Å²) in [4.78, 5) is 4.77. The van der Waals surface area contributed by atoms with Crippen molar-refractivity contribution in [3.63, 3.8) is 0 Å². The summed E-state index contributed by atoms with van der Waals surface area (Å²) in [5, 5.41) is 2.53. The molecule has 0 unspecified atom stereocenters. The van der Waals surface area contributed by atoms with Gasteiger partial charge in [-0.15, -0.1) is 0 Å². The van der Waals surface area contributed by atoms with Gasteiger partial charge in [0.1, 0.15) is 23.0 Å². The zero-order valence-corrected chi connectivity index (χ0v) is 69.4. The Hall–Kier alpha value is -16.6. The highest BCUT2D eigenvalue weighted by atomic mass is 16.5. The molecule has 5 nitrogen and oxygen atoms in total. The lowest BCUT2D eigenvalue weighted by molar-refractivity contribution is 0.436. The molecule has 2 spiro atoms. The first-order chi connectivity index (χ1) is 63.0. The number of nitrogens with zero attached hydrogens (tertiary/aromatic N) is 3. The number of para-hydroxylation sites is 6. The summed E-state index contributed by atoms with van der Waals surface area (Å²) >= 11 is 0. The minimum atomic E-state index is -0.537. The van der Waals surface area contributed by atoms with E-state index in [1.807, 2.05) is 0 Å². The molecule has 0 saturated carbocycles. The quantitative estimate of drug-likeness (QED) is 0.115. The number of hydrogen-bond acceptors (Lipinski definition) is 4. The predicted octanol–water partition coefficient (Wildman–Crippen LogP) is 32.3. The molecular formula is C122H81N3O2. The van der Waals surface area contributed by atoms with Crippen LogP contribution in [0.15, 0.2) is 491 Å². The van der Waals surface area contributed by atoms with Gasteiger partial charge in [-0.3, -0.25) is 0 Å². The Kier molecular flexibility index (Phi) is 18.0. The number of aromatic nitrogens is 1. The van der Waals surface area contributed by atoms with Gasteiger partial charge in [0.15, 0.2) is 0 Å². The number of ether oxygens (including phenoxy) is 2. The highest BCUT2D eigenvalue weighted by Crippen LogP contribution is 2.66. The molecule has 0 radical (unpaired) electrons. The molecule has 0 atom stereocenters. The molecule has 25 rings (SSSR count). The first-order valence-corrected chi connectivity index (χ1v) is 43.7. The number of hydrogen-bond donors (Lipinski definition) is 0. The van der Waals surface area contributed by atoms with Crippen molar-refractivity contribution in [2.75, 3.05) is 9.80 Å². The highest BCUT2D eigenvalue weighted by molar-refractivity contribution is 6.09. The van der Waals surface area contributed by atoms with Gasteiger partial charge < -0.3 is 23.8 Å². The smallest absolute Gasteiger partial charge is 0.132 e. The van der Waals surface area contributed by atoms with Crippen molar-refractivity contribution in [1.82, 2.24) is 4.57 Å². The second-order valence-corrected chi connectivity index (χ2v) is 33.2. The van der Waals surface area contributed by atoms with Crippen LogP contribution in [-0.2, 0) is 10.8 Å². The molecule has 4 aliphatic rings. The molecule has 0 N–H and O–H groups in total. The molecule has 5 heteroatoms. The van der Waals surface area contributed by atoms with Crippen molar-refractivity contribution in [3.8, 4) is 118 Å². The third kappa shape index (κ3) is 12.2. The molecule has 3 heterocycles. The summed E-state index contributed by atoms with van der Waals surface area (Å²) in [6, 6.07) is 178. The normalized spacial score (nSPS) is 12.8. The van der Waals surface area contributed by atoms with Gasteiger partial charge in [-0.25, -0.2) is 0 Å². The molecule has 0 bridgehead atoms. The molecule has 0 fully saturated rings. The van der Waals surface area contributed by atoms with Crippen molar-refractivity contribution in [1.29, 1.82) is 0 Å². The molecule has 20 aromatic carbocycles. The highest BCUT2D eigenvalue weighted by Gasteiger charge is 2.53. The van der Waals surface area contributed by atoms with E-state index in [1.165, 1.54) is 139 Å². The van der Waals surface area contributed by atoms with Gasteiger partial charge >= 0.3 is 0 Å². The first kappa shape index (κ1) is 74.2. The molecule has 0 amide bonds. The number of rotatable bonds is 13. The van der Waals surface area contributed by atoms with Gasteiger partial charge in [-0.1, -0.05) is 370 Å². The van der Waals surface area contributed by atoms with Crippen molar-refractivity contribution >= 4 is 55.9 Å². The van der Waals surface area contributed by atoms with E-state index in [-0.39, 0.29) is 0 Å². The maximum absolute atomic E-state index is 6.64. The van der Waals surface area contributed by atoms with Crippen LogP contribution in [0.5, 0.6) is 23.0 Å². The van der Waals surface area contributed by atoms with E-state index in [2.05, 4.69) is 506 Å². The lowest BCUT2D eigenvalue weighted by Gasteiger charge is -2.39. The van der Waals surface area contributed by atoms with Crippen LogP contribution in [0.4, 0.5) is 34.1 Å². The van der Waals surface area contributed by atoms with Crippen LogP contribution >= 0.6 is 0 Å². The van der Waals surface area contributed by atoms with Crippen LogP contribution in [0.25, 0.3) is 117 Å². The van der Waals surface area contributed by atoms with Gasteiger partial charge in [0.25, 0.3) is 0 Å². The van der Waals surface area contributed by atoms with E-state index in [4.69, 9.17) is 9.47 Å². The zero-order valence-electron chi connectivity index (χ0n) is 69.4. The summed E-state index contributed by atoms with van der Waals surface area (Å²) in [6.07, 6.45) is 0. The maximum atomic E-state index is 6.64. The topological polar surface area (TPSA) is 29.9 Å². The van der Waals surface area contributed by atoms with E-state index in [1.54, 1.807) is 0 Å². The van der Waals surface area contributed by atoms with Crippen LogP contribution in [0.1, 0.15) is 44.5 Å². The Morgan fingerprint density at radius 1 is 0.173 bits per heavy atom. The van der Waals surface area contributed by atoms with Crippen molar-refractivity contribution < 1.29 is 9.47 Å². The Balaban J connectivity index is 0.000000145. The molecule has 2 aliphatic carbocycles. The maximum Gasteiger partial charge on any atom is 0.132 e. The van der Waals surface area contributed by atoms with E-state index in [0.29, 0.717) is 0 Å². The van der Waals surface area contributed by atoms with Crippen molar-refractivity contribution in [3.05, 3.63) is 536 Å². The Labute approximate surface area is 739 Å². The second-order valence-electron chi connectivity index (χ2n) is 33.2. The second kappa shape index (κ2) is 30.8. The fourth-order valence-corrected chi connectivity index (χ4v) is 20.9. The average molecular weight is 1620 g/mol. The summed E-state index contributed by atoms with van der Waals surface area (Å²) in [6.45, 7) is 0. The Morgan fingerprint density at radius 3 is 0.819 bits per heavy atom. The lowest BCUT2D eigenvalue weighted by Crippen LogP contribution is -2.32. The zero-order chi connectivity index (χ0) is 83.9. The molecule has 1 aromatic heterocycles. The van der Waals surface area contributed by atoms with Gasteiger partial charge in [-0.2, -0.15) is 0 Å². The molecular weight excluding hydrogens is 1540 g/mol. The largest absolute Gasteiger partial charge is 0.457 e. The van der Waals surface area contributed by atoms with Gasteiger partial charge in [0.05, 0.1) is 21.9 Å². The fourth-order valence-electron chi connectivity index (χ4n) is 20.9. The van der Waals surface area contributed by atoms with Gasteiger partial charge in [0, 0.05) is 72.8 Å². The van der Waals surface area contributed by atoms with E-state index >= 15 is 0 Å². The van der Waals surface area contributed by atoms with Crippen molar-refractivity contribution in [2.24, 2.45) is 0 Å². The van der Waals surface area contributed by atoms with E-state index in [9.17, 15) is 0 Å². The van der Waals surface area contributed by atoms with Crippen LogP contribution in [0.2, 0.25) is 0 Å². The fraction of sp³-hybridized carbons (Fsp3) is 0.0164. The van der Waals surface area contributed by atoms with Crippen molar-refractivity contribution in [2.45, 2.75) is 10.8 Å². The molecule has 0 saturated heterocycles.